The molecule has 0 unspecified atom stereocenters. The number of pyridine rings is 1. The molecule has 0 spiro atoms. The molecule has 20 heavy (non-hydrogen) atoms. The summed E-state index contributed by atoms with van der Waals surface area (Å²) in [6.07, 6.45) is -4.21. The quantitative estimate of drug-likeness (QED) is 0.358. The number of rotatable bonds is 1. The zero-order valence-electron chi connectivity index (χ0n) is 9.40. The molecule has 1 aromatic carbocycles. The Labute approximate surface area is 126 Å². The highest BCUT2D eigenvalue weighted by Gasteiger charge is 2.32. The summed E-state index contributed by atoms with van der Waals surface area (Å²) < 4.78 is 51.4. The highest BCUT2D eigenvalue weighted by molar-refractivity contribution is 6.48. The third-order valence-electron chi connectivity index (χ3n) is 2.46. The molecule has 1 aromatic heterocycles. The maximum absolute atomic E-state index is 13.6. The Hall–Kier alpha value is -1.04. The SMILES string of the molecule is Fc1ncc(C(F)(F)F)cc1-c1cc(Cl)c(Cl)c(Cl)c1. The second-order valence-corrected chi connectivity index (χ2v) is 5.01. The van der Waals surface area contributed by atoms with Crippen LogP contribution < -0.4 is 0 Å². The summed E-state index contributed by atoms with van der Waals surface area (Å²) in [7, 11) is 0. The molecule has 0 N–H and O–H groups in total. The lowest BCUT2D eigenvalue weighted by Gasteiger charge is -2.10. The second-order valence-electron chi connectivity index (χ2n) is 3.81. The zero-order valence-corrected chi connectivity index (χ0v) is 11.7. The monoisotopic (exact) mass is 343 g/mol. The van der Waals surface area contributed by atoms with Crippen LogP contribution in [-0.2, 0) is 6.18 Å². The number of benzene rings is 1. The fourth-order valence-corrected chi connectivity index (χ4v) is 2.11. The van der Waals surface area contributed by atoms with Crippen molar-refractivity contribution in [2.24, 2.45) is 0 Å². The van der Waals surface area contributed by atoms with Crippen molar-refractivity contribution in [3.63, 3.8) is 0 Å². The van der Waals surface area contributed by atoms with Crippen LogP contribution in [0.25, 0.3) is 11.1 Å². The summed E-state index contributed by atoms with van der Waals surface area (Å²) in [5.74, 6) is -1.06. The van der Waals surface area contributed by atoms with Crippen LogP contribution in [0.3, 0.4) is 0 Å². The Morgan fingerprint density at radius 3 is 2.00 bits per heavy atom. The third kappa shape index (κ3) is 3.00. The lowest BCUT2D eigenvalue weighted by molar-refractivity contribution is -0.137. The molecule has 0 amide bonds. The minimum atomic E-state index is -4.63. The molecular formula is C12H4Cl3F4N. The Kier molecular flexibility index (Phi) is 4.14. The van der Waals surface area contributed by atoms with Gasteiger partial charge in [-0.2, -0.15) is 17.6 Å². The van der Waals surface area contributed by atoms with Crippen molar-refractivity contribution in [1.29, 1.82) is 0 Å². The van der Waals surface area contributed by atoms with Gasteiger partial charge in [-0.25, -0.2) is 4.98 Å². The smallest absolute Gasteiger partial charge is 0.227 e. The predicted molar refractivity (Wildman–Crippen MR) is 69.7 cm³/mol. The minimum Gasteiger partial charge on any atom is -0.227 e. The first kappa shape index (κ1) is 15.4. The standard InChI is InChI=1S/C12H4Cl3F4N/c13-8-1-5(2-9(14)10(8)15)7-3-6(12(17,18)19)4-20-11(7)16/h1-4H. The van der Waals surface area contributed by atoms with Crippen molar-refractivity contribution in [3.05, 3.63) is 51.0 Å². The molecule has 2 aromatic rings. The summed E-state index contributed by atoms with van der Waals surface area (Å²) >= 11 is 17.3. The Morgan fingerprint density at radius 2 is 1.50 bits per heavy atom. The maximum atomic E-state index is 13.6. The van der Waals surface area contributed by atoms with Gasteiger partial charge in [-0.15, -0.1) is 0 Å². The van der Waals surface area contributed by atoms with Crippen LogP contribution in [0.4, 0.5) is 17.6 Å². The van der Waals surface area contributed by atoms with E-state index in [9.17, 15) is 17.6 Å². The number of hydrogen-bond acceptors (Lipinski definition) is 1. The number of halogens is 7. The first-order valence-electron chi connectivity index (χ1n) is 5.08. The molecule has 106 valence electrons. The van der Waals surface area contributed by atoms with E-state index < -0.39 is 17.7 Å². The maximum Gasteiger partial charge on any atom is 0.417 e. The van der Waals surface area contributed by atoms with Crippen LogP contribution in [0, 0.1) is 5.95 Å². The molecule has 0 fully saturated rings. The van der Waals surface area contributed by atoms with Crippen molar-refractivity contribution in [3.8, 4) is 11.1 Å². The van der Waals surface area contributed by atoms with Crippen molar-refractivity contribution < 1.29 is 17.6 Å². The van der Waals surface area contributed by atoms with Gasteiger partial charge in [0, 0.05) is 11.8 Å². The van der Waals surface area contributed by atoms with E-state index in [1.165, 1.54) is 12.1 Å². The molecule has 0 saturated carbocycles. The van der Waals surface area contributed by atoms with Crippen molar-refractivity contribution in [2.75, 3.05) is 0 Å². The van der Waals surface area contributed by atoms with Gasteiger partial charge in [-0.1, -0.05) is 34.8 Å². The van der Waals surface area contributed by atoms with Gasteiger partial charge in [0.05, 0.1) is 20.6 Å². The largest absolute Gasteiger partial charge is 0.417 e. The molecule has 0 saturated heterocycles. The molecule has 0 bridgehead atoms. The molecule has 1 heterocycles. The average molecular weight is 345 g/mol. The van der Waals surface area contributed by atoms with Crippen LogP contribution in [-0.4, -0.2) is 4.98 Å². The van der Waals surface area contributed by atoms with E-state index in [1.54, 1.807) is 0 Å². The van der Waals surface area contributed by atoms with E-state index >= 15 is 0 Å². The first-order valence-corrected chi connectivity index (χ1v) is 6.21. The Bertz CT molecular complexity index is 647. The van der Waals surface area contributed by atoms with Crippen LogP contribution in [0.1, 0.15) is 5.56 Å². The van der Waals surface area contributed by atoms with Gasteiger partial charge in [-0.05, 0) is 23.8 Å². The van der Waals surface area contributed by atoms with Gasteiger partial charge in [0.25, 0.3) is 0 Å². The van der Waals surface area contributed by atoms with E-state index in [0.717, 1.165) is 0 Å². The Morgan fingerprint density at radius 1 is 0.950 bits per heavy atom. The molecule has 0 radical (unpaired) electrons. The van der Waals surface area contributed by atoms with Gasteiger partial charge < -0.3 is 0 Å². The molecule has 0 aliphatic rings. The van der Waals surface area contributed by atoms with Gasteiger partial charge >= 0.3 is 6.18 Å². The Balaban J connectivity index is 2.63. The molecular weight excluding hydrogens is 340 g/mol. The highest BCUT2D eigenvalue weighted by Crippen LogP contribution is 2.37. The van der Waals surface area contributed by atoms with Crippen LogP contribution >= 0.6 is 34.8 Å². The molecule has 1 nitrogen and oxygen atoms in total. The summed E-state index contributed by atoms with van der Waals surface area (Å²) in [6.45, 7) is 0. The topological polar surface area (TPSA) is 12.9 Å². The lowest BCUT2D eigenvalue weighted by atomic mass is 10.1. The van der Waals surface area contributed by atoms with E-state index in [1.807, 2.05) is 0 Å². The molecule has 0 aliphatic carbocycles. The van der Waals surface area contributed by atoms with E-state index in [2.05, 4.69) is 4.98 Å². The number of nitrogens with zero attached hydrogens (tertiary/aromatic N) is 1. The van der Waals surface area contributed by atoms with E-state index in [-0.39, 0.29) is 26.2 Å². The molecule has 0 atom stereocenters. The number of alkyl halides is 3. The van der Waals surface area contributed by atoms with Crippen LogP contribution in [0.15, 0.2) is 24.4 Å². The van der Waals surface area contributed by atoms with Crippen LogP contribution in [0.2, 0.25) is 15.1 Å². The number of aromatic nitrogens is 1. The van der Waals surface area contributed by atoms with Gasteiger partial charge in [0.15, 0.2) is 0 Å². The minimum absolute atomic E-state index is 0.00554. The first-order chi connectivity index (χ1) is 9.20. The third-order valence-corrected chi connectivity index (χ3v) is 3.66. The average Bonchev–Trinajstić information content (AvgIpc) is 2.34. The molecule has 0 aliphatic heterocycles. The lowest BCUT2D eigenvalue weighted by Crippen LogP contribution is -2.06. The summed E-state index contributed by atoms with van der Waals surface area (Å²) in [6, 6.07) is 3.07. The summed E-state index contributed by atoms with van der Waals surface area (Å²) in [5, 5.41) is 0.0504. The van der Waals surface area contributed by atoms with E-state index in [4.69, 9.17) is 34.8 Å². The highest BCUT2D eigenvalue weighted by atomic mass is 35.5. The second kappa shape index (κ2) is 5.39. The predicted octanol–water partition coefficient (Wildman–Crippen LogP) is 5.87. The zero-order chi connectivity index (χ0) is 15.1. The van der Waals surface area contributed by atoms with Gasteiger partial charge in [0.2, 0.25) is 5.95 Å². The summed E-state index contributed by atoms with van der Waals surface area (Å²) in [5.41, 5.74) is -1.38. The van der Waals surface area contributed by atoms with Crippen molar-refractivity contribution in [2.45, 2.75) is 6.18 Å². The fraction of sp³-hybridized carbons (Fsp3) is 0.0833. The van der Waals surface area contributed by atoms with Crippen LogP contribution in [0.5, 0.6) is 0 Å². The normalized spacial score (nSPS) is 11.8. The summed E-state index contributed by atoms with van der Waals surface area (Å²) in [4.78, 5) is 3.10. The van der Waals surface area contributed by atoms with E-state index in [0.29, 0.717) is 12.3 Å². The van der Waals surface area contributed by atoms with Crippen molar-refractivity contribution >= 4 is 34.8 Å². The molecule has 8 heteroatoms. The van der Waals surface area contributed by atoms with Crippen molar-refractivity contribution in [1.82, 2.24) is 4.98 Å². The van der Waals surface area contributed by atoms with Gasteiger partial charge in [-0.3, -0.25) is 0 Å². The number of hydrogen-bond donors (Lipinski definition) is 0. The molecule has 2 rings (SSSR count). The van der Waals surface area contributed by atoms with Gasteiger partial charge in [0.1, 0.15) is 0 Å². The fourth-order valence-electron chi connectivity index (χ4n) is 1.52.